The lowest BCUT2D eigenvalue weighted by Gasteiger charge is -2.08. The van der Waals surface area contributed by atoms with Crippen molar-refractivity contribution in [1.29, 1.82) is 0 Å². The van der Waals surface area contributed by atoms with Crippen LogP contribution >= 0.6 is 23.4 Å². The van der Waals surface area contributed by atoms with Gasteiger partial charge in [-0.05, 0) is 42.5 Å². The van der Waals surface area contributed by atoms with Crippen LogP contribution in [-0.2, 0) is 9.59 Å². The third kappa shape index (κ3) is 6.28. The highest BCUT2D eigenvalue weighted by atomic mass is 35.5. The van der Waals surface area contributed by atoms with Gasteiger partial charge in [0.25, 0.3) is 0 Å². The molecule has 0 aromatic heterocycles. The van der Waals surface area contributed by atoms with Crippen LogP contribution in [0.5, 0.6) is 5.75 Å². The third-order valence-corrected chi connectivity index (χ3v) is 4.21. The first-order valence-electron chi connectivity index (χ1n) is 7.24. The molecule has 0 aliphatic heterocycles. The first kappa shape index (κ1) is 19.1. The maximum absolute atomic E-state index is 13.6. The van der Waals surface area contributed by atoms with E-state index in [-0.39, 0.29) is 28.1 Å². The molecule has 0 atom stereocenters. The van der Waals surface area contributed by atoms with Crippen LogP contribution in [-0.4, -0.2) is 30.4 Å². The number of ether oxygens (including phenoxy) is 1. The largest absolute Gasteiger partial charge is 0.497 e. The first-order valence-corrected chi connectivity index (χ1v) is 8.78. The zero-order valence-electron chi connectivity index (χ0n) is 13.3. The van der Waals surface area contributed by atoms with E-state index >= 15 is 0 Å². The van der Waals surface area contributed by atoms with Crippen molar-refractivity contribution in [3.8, 4) is 5.75 Å². The third-order valence-electron chi connectivity index (χ3n) is 3.05. The summed E-state index contributed by atoms with van der Waals surface area (Å²) in [5.74, 6) is -0.425. The van der Waals surface area contributed by atoms with Gasteiger partial charge >= 0.3 is 0 Å². The zero-order chi connectivity index (χ0) is 18.2. The molecule has 0 saturated carbocycles. The molecule has 0 aliphatic rings. The van der Waals surface area contributed by atoms with E-state index in [0.29, 0.717) is 11.4 Å². The van der Waals surface area contributed by atoms with E-state index in [1.807, 2.05) is 0 Å². The fourth-order valence-electron chi connectivity index (χ4n) is 1.88. The Morgan fingerprint density at radius 2 is 1.72 bits per heavy atom. The number of amides is 2. The van der Waals surface area contributed by atoms with Crippen LogP contribution in [0.4, 0.5) is 15.8 Å². The van der Waals surface area contributed by atoms with E-state index in [4.69, 9.17) is 16.3 Å². The van der Waals surface area contributed by atoms with Gasteiger partial charge in [-0.2, -0.15) is 0 Å². The average Bonchev–Trinajstić information content (AvgIpc) is 2.58. The van der Waals surface area contributed by atoms with Gasteiger partial charge in [0.2, 0.25) is 11.8 Å². The number of nitrogens with one attached hydrogen (secondary N) is 2. The van der Waals surface area contributed by atoms with E-state index in [2.05, 4.69) is 10.6 Å². The highest BCUT2D eigenvalue weighted by Gasteiger charge is 2.09. The summed E-state index contributed by atoms with van der Waals surface area (Å²) >= 11 is 6.77. The molecule has 0 bridgehead atoms. The quantitative estimate of drug-likeness (QED) is 0.764. The van der Waals surface area contributed by atoms with E-state index in [1.54, 1.807) is 31.4 Å². The van der Waals surface area contributed by atoms with Crippen molar-refractivity contribution in [1.82, 2.24) is 0 Å². The first-order chi connectivity index (χ1) is 12.0. The lowest BCUT2D eigenvalue weighted by atomic mass is 10.3. The van der Waals surface area contributed by atoms with Crippen LogP contribution in [0.3, 0.4) is 0 Å². The van der Waals surface area contributed by atoms with Gasteiger partial charge in [0.15, 0.2) is 0 Å². The normalized spacial score (nSPS) is 10.2. The standard InChI is InChI=1S/C17H16ClFN2O3S/c1-24-13-5-3-12(4-6-13)20-16(22)9-25-10-17(23)21-15-7-2-11(18)8-14(15)19/h2-8H,9-10H2,1H3,(H,20,22)(H,21,23). The Balaban J connectivity index is 1.73. The Morgan fingerprint density at radius 3 is 2.32 bits per heavy atom. The van der Waals surface area contributed by atoms with E-state index < -0.39 is 11.7 Å². The SMILES string of the molecule is COc1ccc(NC(=O)CSCC(=O)Nc2ccc(Cl)cc2F)cc1. The van der Waals surface area contributed by atoms with Crippen molar-refractivity contribution in [2.24, 2.45) is 0 Å². The Hall–Kier alpha value is -2.25. The van der Waals surface area contributed by atoms with E-state index in [1.165, 1.54) is 12.1 Å². The molecule has 2 aromatic carbocycles. The molecule has 0 spiro atoms. The van der Waals surface area contributed by atoms with Crippen molar-refractivity contribution in [3.05, 3.63) is 53.3 Å². The summed E-state index contributed by atoms with van der Waals surface area (Å²) in [6.45, 7) is 0. The molecular formula is C17H16ClFN2O3S. The number of methoxy groups -OCH3 is 1. The summed E-state index contributed by atoms with van der Waals surface area (Å²) in [5, 5.41) is 5.39. The molecule has 0 saturated heterocycles. The molecule has 0 heterocycles. The maximum Gasteiger partial charge on any atom is 0.234 e. The molecule has 0 unspecified atom stereocenters. The van der Waals surface area contributed by atoms with Crippen LogP contribution in [0.2, 0.25) is 5.02 Å². The van der Waals surface area contributed by atoms with Gasteiger partial charge in [0.05, 0.1) is 24.3 Å². The smallest absolute Gasteiger partial charge is 0.234 e. The van der Waals surface area contributed by atoms with Crippen molar-refractivity contribution < 1.29 is 18.7 Å². The van der Waals surface area contributed by atoms with Gasteiger partial charge in [-0.25, -0.2) is 4.39 Å². The second-order valence-corrected chi connectivity index (χ2v) is 6.36. The zero-order valence-corrected chi connectivity index (χ0v) is 14.9. The number of hydrogen-bond donors (Lipinski definition) is 2. The fourth-order valence-corrected chi connectivity index (χ4v) is 2.66. The molecular weight excluding hydrogens is 367 g/mol. The minimum Gasteiger partial charge on any atom is -0.497 e. The Morgan fingerprint density at radius 1 is 1.08 bits per heavy atom. The van der Waals surface area contributed by atoms with Gasteiger partial charge in [-0.15, -0.1) is 11.8 Å². The predicted molar refractivity (Wildman–Crippen MR) is 99.0 cm³/mol. The summed E-state index contributed by atoms with van der Waals surface area (Å²) < 4.78 is 18.6. The monoisotopic (exact) mass is 382 g/mol. The number of carbonyl (C=O) groups excluding carboxylic acids is 2. The summed E-state index contributed by atoms with van der Waals surface area (Å²) in [6.07, 6.45) is 0. The second-order valence-electron chi connectivity index (χ2n) is 4.94. The topological polar surface area (TPSA) is 67.4 Å². The fraction of sp³-hybridized carbons (Fsp3) is 0.176. The van der Waals surface area contributed by atoms with Gasteiger partial charge in [0, 0.05) is 10.7 Å². The van der Waals surface area contributed by atoms with Gasteiger partial charge in [-0.3, -0.25) is 9.59 Å². The van der Waals surface area contributed by atoms with Crippen LogP contribution in [0.25, 0.3) is 0 Å². The minimum atomic E-state index is -0.608. The minimum absolute atomic E-state index is 0.0259. The molecule has 2 N–H and O–H groups in total. The van der Waals surface area contributed by atoms with E-state index in [9.17, 15) is 14.0 Å². The summed E-state index contributed by atoms with van der Waals surface area (Å²) in [5.41, 5.74) is 0.691. The number of halogens is 2. The molecule has 0 aliphatic carbocycles. The van der Waals surface area contributed by atoms with Crippen molar-refractivity contribution in [2.45, 2.75) is 0 Å². The molecule has 2 aromatic rings. The van der Waals surface area contributed by atoms with E-state index in [0.717, 1.165) is 17.8 Å². The van der Waals surface area contributed by atoms with Crippen LogP contribution in [0, 0.1) is 5.82 Å². The molecule has 132 valence electrons. The van der Waals surface area contributed by atoms with Crippen molar-refractivity contribution in [3.63, 3.8) is 0 Å². The Bertz CT molecular complexity index is 756. The summed E-state index contributed by atoms with van der Waals surface area (Å²) in [6, 6.07) is 10.9. The molecule has 8 heteroatoms. The Kier molecular flexibility index (Phi) is 7.09. The number of anilines is 2. The van der Waals surface area contributed by atoms with Crippen LogP contribution in [0.1, 0.15) is 0 Å². The molecule has 5 nitrogen and oxygen atoms in total. The number of hydrogen-bond acceptors (Lipinski definition) is 4. The lowest BCUT2D eigenvalue weighted by Crippen LogP contribution is -2.18. The Labute approximate surface area is 153 Å². The lowest BCUT2D eigenvalue weighted by molar-refractivity contribution is -0.114. The number of thioether (sulfide) groups is 1. The van der Waals surface area contributed by atoms with Crippen LogP contribution < -0.4 is 15.4 Å². The second kappa shape index (κ2) is 9.29. The highest BCUT2D eigenvalue weighted by molar-refractivity contribution is 8.00. The summed E-state index contributed by atoms with van der Waals surface area (Å²) in [4.78, 5) is 23.6. The number of benzene rings is 2. The molecule has 0 radical (unpaired) electrons. The average molecular weight is 383 g/mol. The van der Waals surface area contributed by atoms with Gasteiger partial charge in [0.1, 0.15) is 11.6 Å². The van der Waals surface area contributed by atoms with Crippen molar-refractivity contribution >= 4 is 46.6 Å². The van der Waals surface area contributed by atoms with Crippen LogP contribution in [0.15, 0.2) is 42.5 Å². The molecule has 25 heavy (non-hydrogen) atoms. The summed E-state index contributed by atoms with van der Waals surface area (Å²) in [7, 11) is 1.56. The molecule has 2 amide bonds. The maximum atomic E-state index is 13.6. The number of carbonyl (C=O) groups is 2. The highest BCUT2D eigenvalue weighted by Crippen LogP contribution is 2.19. The number of rotatable bonds is 7. The molecule has 0 fully saturated rings. The van der Waals surface area contributed by atoms with Gasteiger partial charge < -0.3 is 15.4 Å². The van der Waals surface area contributed by atoms with Crippen molar-refractivity contribution in [2.75, 3.05) is 29.2 Å². The molecule has 2 rings (SSSR count). The predicted octanol–water partition coefficient (Wildman–Crippen LogP) is 3.80. The van der Waals surface area contributed by atoms with Gasteiger partial charge in [-0.1, -0.05) is 11.6 Å².